The van der Waals surface area contributed by atoms with E-state index in [0.29, 0.717) is 0 Å². The van der Waals surface area contributed by atoms with Gasteiger partial charge in [-0.2, -0.15) is 5.10 Å². The highest BCUT2D eigenvalue weighted by Gasteiger charge is 2.09. The van der Waals surface area contributed by atoms with Crippen molar-refractivity contribution >= 4 is 23.2 Å². The summed E-state index contributed by atoms with van der Waals surface area (Å²) >= 11 is 1.57. The van der Waals surface area contributed by atoms with Crippen LogP contribution >= 0.6 is 11.3 Å². The number of carbonyl (C=O) groups is 1. The summed E-state index contributed by atoms with van der Waals surface area (Å²) in [6.07, 6.45) is 4.52. The van der Waals surface area contributed by atoms with E-state index in [1.165, 1.54) is 4.88 Å². The van der Waals surface area contributed by atoms with Gasteiger partial charge in [-0.3, -0.25) is 9.48 Å². The minimum atomic E-state index is 0.0674. The molecule has 3 nitrogen and oxygen atoms in total. The molecule has 0 atom stereocenters. The van der Waals surface area contributed by atoms with E-state index in [2.05, 4.69) is 18.9 Å². The first kappa shape index (κ1) is 14.7. The number of hydrogen-bond donors (Lipinski definition) is 0. The number of allylic oxidation sites excluding steroid dienone is 1. The number of ketones is 1. The highest BCUT2D eigenvalue weighted by Crippen LogP contribution is 2.19. The Hall–Kier alpha value is -1.68. The maximum Gasteiger partial charge on any atom is 0.195 e. The Morgan fingerprint density at radius 3 is 2.65 bits per heavy atom. The fourth-order valence-electron chi connectivity index (χ4n) is 2.20. The van der Waals surface area contributed by atoms with Crippen LogP contribution < -0.4 is 0 Å². The second-order valence-corrected chi connectivity index (χ2v) is 5.89. The number of aryl methyl sites for hydroxylation is 3. The highest BCUT2D eigenvalue weighted by atomic mass is 32.1. The third-order valence-electron chi connectivity index (χ3n) is 3.39. The molecule has 0 fully saturated rings. The Labute approximate surface area is 123 Å². The number of carbonyl (C=O) groups excluding carboxylic acids is 1. The zero-order chi connectivity index (χ0) is 14.7. The summed E-state index contributed by atoms with van der Waals surface area (Å²) in [7, 11) is 0. The maximum atomic E-state index is 12.1. The minimum absolute atomic E-state index is 0.0674. The molecule has 0 aliphatic carbocycles. The van der Waals surface area contributed by atoms with Crippen molar-refractivity contribution in [2.24, 2.45) is 0 Å². The highest BCUT2D eigenvalue weighted by molar-refractivity contribution is 7.14. The van der Waals surface area contributed by atoms with E-state index in [1.807, 2.05) is 36.7 Å². The summed E-state index contributed by atoms with van der Waals surface area (Å²) in [6, 6.07) is 3.93. The van der Waals surface area contributed by atoms with Gasteiger partial charge < -0.3 is 0 Å². The molecule has 2 aromatic rings. The van der Waals surface area contributed by atoms with E-state index in [9.17, 15) is 4.79 Å². The van der Waals surface area contributed by atoms with Gasteiger partial charge in [0.05, 0.1) is 10.6 Å². The van der Waals surface area contributed by atoms with Gasteiger partial charge in [-0.1, -0.05) is 6.92 Å². The molecule has 0 saturated heterocycles. The molecule has 0 radical (unpaired) electrons. The van der Waals surface area contributed by atoms with Crippen molar-refractivity contribution < 1.29 is 4.79 Å². The summed E-state index contributed by atoms with van der Waals surface area (Å²) in [6.45, 7) is 9.02. The average Bonchev–Trinajstić information content (AvgIpc) is 3.02. The molecule has 20 heavy (non-hydrogen) atoms. The summed E-state index contributed by atoms with van der Waals surface area (Å²) in [5, 5.41) is 4.45. The number of nitrogens with zero attached hydrogens (tertiary/aromatic N) is 2. The fraction of sp³-hybridized carbons (Fsp3) is 0.375. The van der Waals surface area contributed by atoms with Gasteiger partial charge in [0.1, 0.15) is 0 Å². The molecule has 0 amide bonds. The molecule has 2 heterocycles. The molecule has 2 aromatic heterocycles. The van der Waals surface area contributed by atoms with Crippen LogP contribution in [0.2, 0.25) is 0 Å². The first-order chi connectivity index (χ1) is 9.56. The van der Waals surface area contributed by atoms with Crippen LogP contribution in [-0.4, -0.2) is 15.6 Å². The summed E-state index contributed by atoms with van der Waals surface area (Å²) < 4.78 is 1.96. The minimum Gasteiger partial charge on any atom is -0.288 e. The van der Waals surface area contributed by atoms with Crippen LogP contribution in [0.15, 0.2) is 18.2 Å². The molecule has 4 heteroatoms. The van der Waals surface area contributed by atoms with Gasteiger partial charge >= 0.3 is 0 Å². The van der Waals surface area contributed by atoms with Crippen LogP contribution in [0, 0.1) is 13.8 Å². The Morgan fingerprint density at radius 1 is 1.35 bits per heavy atom. The molecule has 0 aromatic carbocycles. The zero-order valence-corrected chi connectivity index (χ0v) is 13.3. The van der Waals surface area contributed by atoms with Crippen molar-refractivity contribution in [3.8, 4) is 0 Å². The maximum absolute atomic E-state index is 12.1. The van der Waals surface area contributed by atoms with E-state index in [1.54, 1.807) is 17.4 Å². The van der Waals surface area contributed by atoms with Crippen LogP contribution in [0.1, 0.15) is 45.3 Å². The fourth-order valence-corrected chi connectivity index (χ4v) is 3.07. The number of rotatable bonds is 5. The smallest absolute Gasteiger partial charge is 0.195 e. The molecule has 106 valence electrons. The zero-order valence-electron chi connectivity index (χ0n) is 12.4. The topological polar surface area (TPSA) is 34.9 Å². The van der Waals surface area contributed by atoms with E-state index in [0.717, 1.165) is 34.8 Å². The predicted octanol–water partition coefficient (Wildman–Crippen LogP) is 4.04. The summed E-state index contributed by atoms with van der Waals surface area (Å²) in [5.74, 6) is 0.0674. The van der Waals surface area contributed by atoms with Gasteiger partial charge in [0.2, 0.25) is 0 Å². The Balaban J connectivity index is 2.21. The predicted molar refractivity (Wildman–Crippen MR) is 84.4 cm³/mol. The van der Waals surface area contributed by atoms with Crippen LogP contribution in [0.5, 0.6) is 0 Å². The van der Waals surface area contributed by atoms with E-state index in [-0.39, 0.29) is 5.78 Å². The number of thiophene rings is 1. The lowest BCUT2D eigenvalue weighted by Crippen LogP contribution is -1.98. The Morgan fingerprint density at radius 2 is 2.10 bits per heavy atom. The molecule has 2 rings (SSSR count). The van der Waals surface area contributed by atoms with Gasteiger partial charge in [-0.25, -0.2) is 0 Å². The largest absolute Gasteiger partial charge is 0.288 e. The van der Waals surface area contributed by atoms with Gasteiger partial charge in [0.25, 0.3) is 0 Å². The van der Waals surface area contributed by atoms with E-state index >= 15 is 0 Å². The van der Waals surface area contributed by atoms with Gasteiger partial charge in [-0.05, 0) is 51.5 Å². The van der Waals surface area contributed by atoms with Gasteiger partial charge in [0.15, 0.2) is 5.78 Å². The van der Waals surface area contributed by atoms with Crippen molar-refractivity contribution in [2.75, 3.05) is 0 Å². The van der Waals surface area contributed by atoms with Crippen molar-refractivity contribution in [3.05, 3.63) is 44.9 Å². The van der Waals surface area contributed by atoms with Crippen LogP contribution in [0.25, 0.3) is 6.08 Å². The van der Waals surface area contributed by atoms with Crippen molar-refractivity contribution in [3.63, 3.8) is 0 Å². The van der Waals surface area contributed by atoms with Crippen LogP contribution in [0.4, 0.5) is 0 Å². The average molecular weight is 288 g/mol. The molecular weight excluding hydrogens is 268 g/mol. The molecule has 0 unspecified atom stereocenters. The second-order valence-electron chi connectivity index (χ2n) is 4.72. The monoisotopic (exact) mass is 288 g/mol. The molecule has 0 spiro atoms. The molecule has 0 saturated carbocycles. The lowest BCUT2D eigenvalue weighted by atomic mass is 10.1. The van der Waals surface area contributed by atoms with Crippen molar-refractivity contribution in [2.45, 2.75) is 40.7 Å². The molecular formula is C16H20N2OS. The van der Waals surface area contributed by atoms with E-state index in [4.69, 9.17) is 0 Å². The Kier molecular flexibility index (Phi) is 4.55. The molecule has 0 aliphatic rings. The van der Waals surface area contributed by atoms with Gasteiger partial charge in [-0.15, -0.1) is 11.3 Å². The lowest BCUT2D eigenvalue weighted by molar-refractivity contribution is 0.105. The third-order valence-corrected chi connectivity index (χ3v) is 4.64. The molecule has 0 bridgehead atoms. The van der Waals surface area contributed by atoms with Crippen LogP contribution in [0.3, 0.4) is 0 Å². The second kappa shape index (κ2) is 6.18. The van der Waals surface area contributed by atoms with Crippen molar-refractivity contribution in [1.82, 2.24) is 9.78 Å². The standard InChI is InChI=1S/C16H20N2OS/c1-5-13-7-10-16(20-13)15(19)9-8-14-11(3)17-18(6-2)12(14)4/h7-10H,5-6H2,1-4H3/b9-8+. The molecule has 0 N–H and O–H groups in total. The van der Waals surface area contributed by atoms with Crippen molar-refractivity contribution in [1.29, 1.82) is 0 Å². The summed E-state index contributed by atoms with van der Waals surface area (Å²) in [4.78, 5) is 14.2. The SMILES string of the molecule is CCc1ccc(C(=O)/C=C/c2c(C)nn(CC)c2C)s1. The first-order valence-corrected chi connectivity index (χ1v) is 7.73. The first-order valence-electron chi connectivity index (χ1n) is 6.91. The summed E-state index contributed by atoms with van der Waals surface area (Å²) in [5.41, 5.74) is 3.12. The van der Waals surface area contributed by atoms with Crippen LogP contribution in [-0.2, 0) is 13.0 Å². The third kappa shape index (κ3) is 2.90. The Bertz CT molecular complexity index is 649. The lowest BCUT2D eigenvalue weighted by Gasteiger charge is -1.98. The quantitative estimate of drug-likeness (QED) is 0.615. The number of aromatic nitrogens is 2. The normalized spacial score (nSPS) is 11.4. The van der Waals surface area contributed by atoms with E-state index < -0.39 is 0 Å². The molecule has 0 aliphatic heterocycles. The number of hydrogen-bond acceptors (Lipinski definition) is 3. The van der Waals surface area contributed by atoms with Gasteiger partial charge in [0, 0.05) is 22.7 Å².